The van der Waals surface area contributed by atoms with Gasteiger partial charge in [-0.05, 0) is 61.6 Å². The van der Waals surface area contributed by atoms with Gasteiger partial charge in [0.1, 0.15) is 11.8 Å². The van der Waals surface area contributed by atoms with Gasteiger partial charge in [-0.15, -0.1) is 0 Å². The smallest absolute Gasteiger partial charge is 0.261 e. The minimum Gasteiger partial charge on any atom is -0.484 e. The average molecular weight is 479 g/mol. The molecule has 2 rings (SSSR count). The van der Waals surface area contributed by atoms with Crippen molar-refractivity contribution in [3.63, 3.8) is 0 Å². The van der Waals surface area contributed by atoms with Gasteiger partial charge < -0.3 is 15.0 Å². The Hall–Kier alpha value is -2.24. The Bertz CT molecular complexity index is 914. The predicted octanol–water partition coefficient (Wildman–Crippen LogP) is 5.83. The number of nitrogens with zero attached hydrogens (tertiary/aromatic N) is 1. The zero-order chi connectivity index (χ0) is 23.8. The summed E-state index contributed by atoms with van der Waals surface area (Å²) >= 11 is 12.4. The van der Waals surface area contributed by atoms with Crippen molar-refractivity contribution in [3.8, 4) is 5.75 Å². The average Bonchev–Trinajstić information content (AvgIpc) is 2.73. The zero-order valence-corrected chi connectivity index (χ0v) is 20.8. The highest BCUT2D eigenvalue weighted by Crippen LogP contribution is 2.24. The van der Waals surface area contributed by atoms with Crippen LogP contribution < -0.4 is 10.1 Å². The van der Waals surface area contributed by atoms with Crippen LogP contribution in [0, 0.1) is 0 Å². The molecule has 0 fully saturated rings. The molecule has 1 atom stereocenters. The second-order valence-corrected chi connectivity index (χ2v) is 9.20. The van der Waals surface area contributed by atoms with Crippen LogP contribution in [0.15, 0.2) is 42.5 Å². The van der Waals surface area contributed by atoms with Crippen LogP contribution in [0.25, 0.3) is 0 Å². The minimum absolute atomic E-state index is 0.0386. The van der Waals surface area contributed by atoms with Crippen LogP contribution in [-0.2, 0) is 16.1 Å². The molecule has 0 saturated heterocycles. The Labute approximate surface area is 201 Å². The summed E-state index contributed by atoms with van der Waals surface area (Å²) in [6.45, 7) is 9.87. The van der Waals surface area contributed by atoms with E-state index in [4.69, 9.17) is 27.9 Å². The highest BCUT2D eigenvalue weighted by Gasteiger charge is 2.29. The molecular formula is C25H32Cl2N2O3. The number of hydrogen-bond donors (Lipinski definition) is 1. The normalized spacial score (nSPS) is 12.0. The second kappa shape index (κ2) is 12.1. The first-order chi connectivity index (χ1) is 15.1. The van der Waals surface area contributed by atoms with Crippen molar-refractivity contribution in [2.24, 2.45) is 0 Å². The topological polar surface area (TPSA) is 58.6 Å². The van der Waals surface area contributed by atoms with Gasteiger partial charge in [0.05, 0.1) is 0 Å². The monoisotopic (exact) mass is 478 g/mol. The third-order valence-corrected chi connectivity index (χ3v) is 5.67. The maximum absolute atomic E-state index is 13.2. The molecule has 5 nitrogen and oxygen atoms in total. The highest BCUT2D eigenvalue weighted by molar-refractivity contribution is 6.35. The lowest BCUT2D eigenvalue weighted by atomic mass is 10.0. The lowest BCUT2D eigenvalue weighted by Gasteiger charge is -2.31. The van der Waals surface area contributed by atoms with Crippen molar-refractivity contribution in [1.29, 1.82) is 0 Å². The van der Waals surface area contributed by atoms with E-state index in [0.717, 1.165) is 0 Å². The quantitative estimate of drug-likeness (QED) is 0.467. The molecule has 2 aromatic carbocycles. The number of halogens is 2. The third kappa shape index (κ3) is 7.42. The fourth-order valence-electron chi connectivity index (χ4n) is 3.31. The lowest BCUT2D eigenvalue weighted by Crippen LogP contribution is -2.51. The molecule has 0 radical (unpaired) electrons. The summed E-state index contributed by atoms with van der Waals surface area (Å²) in [6, 6.07) is 12.1. The zero-order valence-electron chi connectivity index (χ0n) is 19.3. The summed E-state index contributed by atoms with van der Waals surface area (Å²) in [4.78, 5) is 27.6. The molecule has 0 aliphatic heterocycles. The van der Waals surface area contributed by atoms with Crippen LogP contribution in [0.3, 0.4) is 0 Å². The van der Waals surface area contributed by atoms with Crippen molar-refractivity contribution in [2.75, 3.05) is 6.61 Å². The Kier molecular flexibility index (Phi) is 9.85. The number of benzene rings is 2. The molecule has 0 saturated carbocycles. The van der Waals surface area contributed by atoms with E-state index in [0.29, 0.717) is 33.7 Å². The van der Waals surface area contributed by atoms with Crippen LogP contribution in [0.4, 0.5) is 0 Å². The van der Waals surface area contributed by atoms with Gasteiger partial charge in [-0.1, -0.05) is 62.2 Å². The standard InChI is InChI=1S/C25H32Cl2N2O3/c1-6-23(25(31)28-17(4)5)29(14-19-7-10-20(26)13-22(19)27)24(30)15-32-21-11-8-18(9-12-21)16(2)3/h7-13,16-17,23H,6,14-15H2,1-5H3,(H,28,31). The largest absolute Gasteiger partial charge is 0.484 e. The van der Waals surface area contributed by atoms with Crippen LogP contribution in [0.2, 0.25) is 10.0 Å². The Morgan fingerprint density at radius 1 is 1.03 bits per heavy atom. The van der Waals surface area contributed by atoms with Crippen LogP contribution in [0.5, 0.6) is 5.75 Å². The number of nitrogens with one attached hydrogen (secondary N) is 1. The molecule has 174 valence electrons. The summed E-state index contributed by atoms with van der Waals surface area (Å²) in [6.07, 6.45) is 0.457. The van der Waals surface area contributed by atoms with Gasteiger partial charge in [0, 0.05) is 22.6 Å². The van der Waals surface area contributed by atoms with E-state index in [9.17, 15) is 9.59 Å². The van der Waals surface area contributed by atoms with Crippen molar-refractivity contribution in [1.82, 2.24) is 10.2 Å². The molecule has 0 aromatic heterocycles. The van der Waals surface area contributed by atoms with E-state index < -0.39 is 6.04 Å². The second-order valence-electron chi connectivity index (χ2n) is 8.36. The van der Waals surface area contributed by atoms with E-state index in [1.54, 1.807) is 18.2 Å². The van der Waals surface area contributed by atoms with E-state index >= 15 is 0 Å². The van der Waals surface area contributed by atoms with Gasteiger partial charge in [0.15, 0.2) is 6.61 Å². The van der Waals surface area contributed by atoms with Gasteiger partial charge in [-0.25, -0.2) is 0 Å². The molecule has 0 heterocycles. The molecular weight excluding hydrogens is 447 g/mol. The van der Waals surface area contributed by atoms with E-state index in [2.05, 4.69) is 19.2 Å². The van der Waals surface area contributed by atoms with Crippen LogP contribution >= 0.6 is 23.2 Å². The Morgan fingerprint density at radius 2 is 1.69 bits per heavy atom. The van der Waals surface area contributed by atoms with Gasteiger partial charge in [0.25, 0.3) is 5.91 Å². The maximum Gasteiger partial charge on any atom is 0.261 e. The summed E-state index contributed by atoms with van der Waals surface area (Å²) in [5.41, 5.74) is 1.90. The Morgan fingerprint density at radius 3 is 2.22 bits per heavy atom. The van der Waals surface area contributed by atoms with Gasteiger partial charge in [-0.3, -0.25) is 9.59 Å². The maximum atomic E-state index is 13.2. The molecule has 0 bridgehead atoms. The van der Waals surface area contributed by atoms with Gasteiger partial charge in [-0.2, -0.15) is 0 Å². The van der Waals surface area contributed by atoms with Crippen LogP contribution in [0.1, 0.15) is 58.1 Å². The molecule has 32 heavy (non-hydrogen) atoms. The first kappa shape index (κ1) is 26.0. The molecule has 2 amide bonds. The van der Waals surface area contributed by atoms with Gasteiger partial charge in [0.2, 0.25) is 5.91 Å². The first-order valence-electron chi connectivity index (χ1n) is 10.9. The van der Waals surface area contributed by atoms with E-state index in [-0.39, 0.29) is 31.0 Å². The van der Waals surface area contributed by atoms with E-state index in [1.165, 1.54) is 10.5 Å². The van der Waals surface area contributed by atoms with Crippen molar-refractivity contribution in [2.45, 2.75) is 65.6 Å². The fraction of sp³-hybridized carbons (Fsp3) is 0.440. The predicted molar refractivity (Wildman–Crippen MR) is 130 cm³/mol. The van der Waals surface area contributed by atoms with Crippen molar-refractivity contribution >= 4 is 35.0 Å². The first-order valence-corrected chi connectivity index (χ1v) is 11.6. The molecule has 7 heteroatoms. The Balaban J connectivity index is 2.22. The molecule has 0 spiro atoms. The number of carbonyl (C=O) groups excluding carboxylic acids is 2. The number of rotatable bonds is 10. The number of ether oxygens (including phenoxy) is 1. The molecule has 0 aliphatic rings. The minimum atomic E-state index is -0.649. The summed E-state index contributed by atoms with van der Waals surface area (Å²) in [5.74, 6) is 0.513. The molecule has 2 aromatic rings. The third-order valence-electron chi connectivity index (χ3n) is 5.08. The SMILES string of the molecule is CCC(C(=O)NC(C)C)N(Cc1ccc(Cl)cc1Cl)C(=O)COc1ccc(C(C)C)cc1. The highest BCUT2D eigenvalue weighted by atomic mass is 35.5. The lowest BCUT2D eigenvalue weighted by molar-refractivity contribution is -0.143. The molecule has 1 unspecified atom stereocenters. The van der Waals surface area contributed by atoms with Crippen molar-refractivity contribution in [3.05, 3.63) is 63.6 Å². The number of amides is 2. The molecule has 1 N–H and O–H groups in total. The fourth-order valence-corrected chi connectivity index (χ4v) is 3.78. The van der Waals surface area contributed by atoms with Gasteiger partial charge >= 0.3 is 0 Å². The summed E-state index contributed by atoms with van der Waals surface area (Å²) in [5, 5.41) is 3.85. The molecule has 0 aliphatic carbocycles. The number of hydrogen-bond acceptors (Lipinski definition) is 3. The summed E-state index contributed by atoms with van der Waals surface area (Å²) < 4.78 is 5.75. The van der Waals surface area contributed by atoms with Crippen molar-refractivity contribution < 1.29 is 14.3 Å². The summed E-state index contributed by atoms with van der Waals surface area (Å²) in [7, 11) is 0. The van der Waals surface area contributed by atoms with Crippen LogP contribution in [-0.4, -0.2) is 35.4 Å². The number of carbonyl (C=O) groups is 2. The van der Waals surface area contributed by atoms with E-state index in [1.807, 2.05) is 45.0 Å².